The van der Waals surface area contributed by atoms with Crippen LogP contribution in [0.2, 0.25) is 0 Å². The van der Waals surface area contributed by atoms with Gasteiger partial charge in [0.1, 0.15) is 0 Å². The summed E-state index contributed by atoms with van der Waals surface area (Å²) in [7, 11) is 1.32. The van der Waals surface area contributed by atoms with E-state index in [1.54, 1.807) is 12.1 Å². The van der Waals surface area contributed by atoms with Crippen molar-refractivity contribution in [2.75, 3.05) is 7.11 Å². The summed E-state index contributed by atoms with van der Waals surface area (Å²) in [6.45, 7) is 0. The number of hydrogen-bond acceptors (Lipinski definition) is 3. The first-order valence-corrected chi connectivity index (χ1v) is 8.14. The highest BCUT2D eigenvalue weighted by molar-refractivity contribution is 8.00. The van der Waals surface area contributed by atoms with E-state index in [4.69, 9.17) is 4.74 Å². The predicted molar refractivity (Wildman–Crippen MR) is 79.7 cm³/mol. The summed E-state index contributed by atoms with van der Waals surface area (Å²) in [5.41, 5.74) is -3.72. The number of halogens is 3. The van der Waals surface area contributed by atoms with Gasteiger partial charge in [-0.15, -0.1) is 0 Å². The fourth-order valence-corrected chi connectivity index (χ4v) is 3.63. The second-order valence-corrected chi connectivity index (χ2v) is 6.72. The highest BCUT2D eigenvalue weighted by atomic mass is 32.2. The van der Waals surface area contributed by atoms with Gasteiger partial charge in [-0.3, -0.25) is 4.79 Å². The first-order valence-electron chi connectivity index (χ1n) is 7.32. The van der Waals surface area contributed by atoms with Gasteiger partial charge in [-0.1, -0.05) is 37.8 Å². The molecule has 1 aliphatic carbocycles. The van der Waals surface area contributed by atoms with Gasteiger partial charge in [0, 0.05) is 4.90 Å². The van der Waals surface area contributed by atoms with Crippen LogP contribution < -0.4 is 0 Å². The zero-order valence-corrected chi connectivity index (χ0v) is 13.2. The number of rotatable bonds is 5. The van der Waals surface area contributed by atoms with Crippen LogP contribution in [0.5, 0.6) is 0 Å². The SMILES string of the molecule is COC(=O)C(CC1CCCC1)c1cccc(SC(F)(F)F)c1. The van der Waals surface area contributed by atoms with E-state index in [2.05, 4.69) is 0 Å². The Labute approximate surface area is 132 Å². The molecule has 1 aliphatic rings. The maximum atomic E-state index is 12.5. The Morgan fingerprint density at radius 2 is 2.05 bits per heavy atom. The van der Waals surface area contributed by atoms with Crippen molar-refractivity contribution >= 4 is 17.7 Å². The first kappa shape index (κ1) is 17.2. The summed E-state index contributed by atoms with van der Waals surface area (Å²) < 4.78 is 42.3. The minimum atomic E-state index is -4.33. The molecule has 1 aromatic rings. The number of ether oxygens (including phenoxy) is 1. The zero-order chi connectivity index (χ0) is 16.2. The van der Waals surface area contributed by atoms with Crippen LogP contribution in [0, 0.1) is 5.92 Å². The van der Waals surface area contributed by atoms with Crippen LogP contribution in [0.1, 0.15) is 43.6 Å². The van der Waals surface area contributed by atoms with Crippen LogP contribution in [0.25, 0.3) is 0 Å². The maximum Gasteiger partial charge on any atom is 0.446 e. The molecule has 0 radical (unpaired) electrons. The fraction of sp³-hybridized carbons (Fsp3) is 0.562. The molecule has 2 nitrogen and oxygen atoms in total. The molecule has 1 saturated carbocycles. The summed E-state index contributed by atoms with van der Waals surface area (Å²) in [5.74, 6) is -0.411. The summed E-state index contributed by atoms with van der Waals surface area (Å²) in [6, 6.07) is 6.13. The van der Waals surface area contributed by atoms with Gasteiger partial charge >= 0.3 is 11.5 Å². The normalized spacial score (nSPS) is 17.5. The van der Waals surface area contributed by atoms with Crippen LogP contribution in [-0.2, 0) is 9.53 Å². The predicted octanol–water partition coefficient (Wildman–Crippen LogP) is 5.14. The van der Waals surface area contributed by atoms with Gasteiger partial charge < -0.3 is 4.74 Å². The van der Waals surface area contributed by atoms with Gasteiger partial charge in [-0.25, -0.2) is 0 Å². The van der Waals surface area contributed by atoms with Crippen molar-refractivity contribution in [3.05, 3.63) is 29.8 Å². The molecule has 0 saturated heterocycles. The van der Waals surface area contributed by atoms with E-state index >= 15 is 0 Å². The molecule has 2 rings (SSSR count). The summed E-state index contributed by atoms with van der Waals surface area (Å²) in [6.07, 6.45) is 5.10. The smallest absolute Gasteiger partial charge is 0.446 e. The molecule has 0 amide bonds. The van der Waals surface area contributed by atoms with Gasteiger partial charge in [-0.05, 0) is 41.8 Å². The van der Waals surface area contributed by atoms with Crippen LogP contribution in [0.15, 0.2) is 29.2 Å². The molecular weight excluding hydrogens is 313 g/mol. The van der Waals surface area contributed by atoms with Gasteiger partial charge in [0.2, 0.25) is 0 Å². The quantitative estimate of drug-likeness (QED) is 0.552. The van der Waals surface area contributed by atoms with Crippen LogP contribution in [-0.4, -0.2) is 18.6 Å². The monoisotopic (exact) mass is 332 g/mol. The molecule has 1 fully saturated rings. The van der Waals surface area contributed by atoms with E-state index in [1.165, 1.54) is 19.2 Å². The molecule has 6 heteroatoms. The fourth-order valence-electron chi connectivity index (χ4n) is 3.02. The lowest BCUT2D eigenvalue weighted by molar-refractivity contribution is -0.142. The number of methoxy groups -OCH3 is 1. The lowest BCUT2D eigenvalue weighted by Crippen LogP contribution is -2.17. The van der Waals surface area contributed by atoms with E-state index in [9.17, 15) is 18.0 Å². The van der Waals surface area contributed by atoms with Gasteiger partial charge in [-0.2, -0.15) is 13.2 Å². The van der Waals surface area contributed by atoms with Crippen molar-refractivity contribution in [2.45, 2.75) is 48.4 Å². The largest absolute Gasteiger partial charge is 0.469 e. The Morgan fingerprint density at radius 3 is 2.64 bits per heavy atom. The topological polar surface area (TPSA) is 26.3 Å². The molecular formula is C16H19F3O2S. The summed E-state index contributed by atoms with van der Waals surface area (Å²) in [4.78, 5) is 12.1. The molecule has 1 unspecified atom stereocenters. The number of carbonyl (C=O) groups is 1. The van der Waals surface area contributed by atoms with E-state index in [0.717, 1.165) is 25.7 Å². The molecule has 0 N–H and O–H groups in total. The molecule has 0 heterocycles. The Hall–Kier alpha value is -1.17. The molecule has 1 atom stereocenters. The van der Waals surface area contributed by atoms with Crippen molar-refractivity contribution in [3.63, 3.8) is 0 Å². The molecule has 22 heavy (non-hydrogen) atoms. The van der Waals surface area contributed by atoms with E-state index in [0.29, 0.717) is 17.9 Å². The van der Waals surface area contributed by atoms with E-state index < -0.39 is 11.4 Å². The third kappa shape index (κ3) is 4.93. The summed E-state index contributed by atoms with van der Waals surface area (Å²) >= 11 is -0.158. The molecule has 0 aliphatic heterocycles. The third-order valence-corrected chi connectivity index (χ3v) is 4.74. The van der Waals surface area contributed by atoms with E-state index in [1.807, 2.05) is 0 Å². The molecule has 0 aromatic heterocycles. The van der Waals surface area contributed by atoms with E-state index in [-0.39, 0.29) is 22.6 Å². The van der Waals surface area contributed by atoms with Crippen molar-refractivity contribution in [1.29, 1.82) is 0 Å². The second-order valence-electron chi connectivity index (χ2n) is 5.58. The van der Waals surface area contributed by atoms with Gasteiger partial charge in [0.15, 0.2) is 0 Å². The Balaban J connectivity index is 2.19. The molecule has 0 bridgehead atoms. The van der Waals surface area contributed by atoms with Crippen molar-refractivity contribution in [2.24, 2.45) is 5.92 Å². The average molecular weight is 332 g/mol. The molecule has 122 valence electrons. The number of thioether (sulfide) groups is 1. The lowest BCUT2D eigenvalue weighted by atomic mass is 9.88. The standard InChI is InChI=1S/C16H19F3O2S/c1-21-15(20)14(9-11-5-2-3-6-11)12-7-4-8-13(10-12)22-16(17,18)19/h4,7-8,10-11,14H,2-3,5-6,9H2,1H3. The van der Waals surface area contributed by atoms with Crippen LogP contribution in [0.3, 0.4) is 0 Å². The van der Waals surface area contributed by atoms with Crippen molar-refractivity contribution in [1.82, 2.24) is 0 Å². The maximum absolute atomic E-state index is 12.5. The lowest BCUT2D eigenvalue weighted by Gasteiger charge is -2.19. The van der Waals surface area contributed by atoms with Gasteiger partial charge in [0.25, 0.3) is 0 Å². The average Bonchev–Trinajstić information content (AvgIpc) is 2.95. The van der Waals surface area contributed by atoms with Crippen molar-refractivity contribution in [3.8, 4) is 0 Å². The Bertz CT molecular complexity index is 510. The third-order valence-electron chi connectivity index (χ3n) is 4.02. The minimum absolute atomic E-state index is 0.102. The molecule has 0 spiro atoms. The number of benzene rings is 1. The second kappa shape index (κ2) is 7.40. The number of carbonyl (C=O) groups excluding carboxylic acids is 1. The van der Waals surface area contributed by atoms with Crippen LogP contribution in [0.4, 0.5) is 13.2 Å². The minimum Gasteiger partial charge on any atom is -0.469 e. The highest BCUT2D eigenvalue weighted by Crippen LogP contribution is 2.39. The highest BCUT2D eigenvalue weighted by Gasteiger charge is 2.31. The van der Waals surface area contributed by atoms with Crippen molar-refractivity contribution < 1.29 is 22.7 Å². The first-order chi connectivity index (χ1) is 10.4. The van der Waals surface area contributed by atoms with Crippen LogP contribution >= 0.6 is 11.8 Å². The number of esters is 1. The number of alkyl halides is 3. The zero-order valence-electron chi connectivity index (χ0n) is 12.4. The Kier molecular flexibility index (Phi) is 5.78. The Morgan fingerprint density at radius 1 is 1.36 bits per heavy atom. The summed E-state index contributed by atoms with van der Waals surface area (Å²) in [5, 5.41) is 0. The van der Waals surface area contributed by atoms with Gasteiger partial charge in [0.05, 0.1) is 13.0 Å². The number of hydrogen-bond donors (Lipinski definition) is 0. The molecule has 1 aromatic carbocycles.